The van der Waals surface area contributed by atoms with Crippen LogP contribution in [-0.4, -0.2) is 28.4 Å². The number of nitro groups is 1. The Hall–Kier alpha value is -3.16. The van der Waals surface area contributed by atoms with Crippen molar-refractivity contribution in [3.63, 3.8) is 0 Å². The summed E-state index contributed by atoms with van der Waals surface area (Å²) in [6.07, 6.45) is 0. The van der Waals surface area contributed by atoms with Crippen LogP contribution in [0.1, 0.15) is 31.1 Å². The molecular weight excluding hydrogens is 326 g/mol. The van der Waals surface area contributed by atoms with Crippen LogP contribution in [0.3, 0.4) is 0 Å². The molecule has 0 saturated carbocycles. The summed E-state index contributed by atoms with van der Waals surface area (Å²) in [5, 5.41) is 13.6. The highest BCUT2D eigenvalue weighted by atomic mass is 16.6. The molecule has 2 N–H and O–H groups in total. The molecule has 2 rings (SSSR count). The average molecular weight is 345 g/mol. The first-order valence-corrected chi connectivity index (χ1v) is 7.79. The number of anilines is 1. The molecular formula is C17H19N3O5. The van der Waals surface area contributed by atoms with Crippen LogP contribution in [-0.2, 0) is 9.53 Å². The van der Waals surface area contributed by atoms with Crippen LogP contribution < -0.4 is 5.32 Å². The molecule has 132 valence electrons. The zero-order chi connectivity index (χ0) is 18.6. The molecule has 8 heteroatoms. The molecule has 1 amide bonds. The van der Waals surface area contributed by atoms with Gasteiger partial charge in [-0.15, -0.1) is 0 Å². The fourth-order valence-corrected chi connectivity index (χ4v) is 2.13. The Bertz CT molecular complexity index is 810. The molecule has 0 aliphatic carbocycles. The SMILES string of the molecule is CCOC(=O)c1cc(-c2cccc([N+](=O)[O-])c2)[nH]c1NC(=O)C(C)C. The number of ether oxygens (including phenoxy) is 1. The van der Waals surface area contributed by atoms with Gasteiger partial charge in [-0.3, -0.25) is 14.9 Å². The number of amides is 1. The summed E-state index contributed by atoms with van der Waals surface area (Å²) >= 11 is 0. The molecule has 1 aromatic carbocycles. The van der Waals surface area contributed by atoms with E-state index >= 15 is 0 Å². The predicted octanol–water partition coefficient (Wildman–Crippen LogP) is 3.36. The van der Waals surface area contributed by atoms with E-state index < -0.39 is 10.9 Å². The van der Waals surface area contributed by atoms with Gasteiger partial charge in [-0.25, -0.2) is 4.79 Å². The number of hydrogen-bond acceptors (Lipinski definition) is 5. The molecule has 0 saturated heterocycles. The van der Waals surface area contributed by atoms with Crippen molar-refractivity contribution in [2.75, 3.05) is 11.9 Å². The number of rotatable bonds is 6. The molecule has 0 radical (unpaired) electrons. The van der Waals surface area contributed by atoms with Gasteiger partial charge in [0.05, 0.1) is 11.5 Å². The number of aromatic nitrogens is 1. The Balaban J connectivity index is 2.46. The second-order valence-corrected chi connectivity index (χ2v) is 5.64. The maximum atomic E-state index is 12.1. The molecule has 25 heavy (non-hydrogen) atoms. The molecule has 0 aliphatic heterocycles. The van der Waals surface area contributed by atoms with Crippen LogP contribution in [0.25, 0.3) is 11.3 Å². The third-order valence-electron chi connectivity index (χ3n) is 3.45. The summed E-state index contributed by atoms with van der Waals surface area (Å²) in [6.45, 7) is 5.32. The number of nitrogens with one attached hydrogen (secondary N) is 2. The number of nitro benzene ring substituents is 1. The monoisotopic (exact) mass is 345 g/mol. The summed E-state index contributed by atoms with van der Waals surface area (Å²) < 4.78 is 5.00. The topological polar surface area (TPSA) is 114 Å². The minimum absolute atomic E-state index is 0.0717. The van der Waals surface area contributed by atoms with Gasteiger partial charge in [0, 0.05) is 29.3 Å². The van der Waals surface area contributed by atoms with Gasteiger partial charge in [-0.1, -0.05) is 26.0 Å². The summed E-state index contributed by atoms with van der Waals surface area (Å²) in [4.78, 5) is 37.5. The van der Waals surface area contributed by atoms with Crippen molar-refractivity contribution in [2.45, 2.75) is 20.8 Å². The van der Waals surface area contributed by atoms with Gasteiger partial charge in [0.25, 0.3) is 5.69 Å². The third kappa shape index (κ3) is 4.23. The molecule has 8 nitrogen and oxygen atoms in total. The van der Waals surface area contributed by atoms with E-state index in [1.165, 1.54) is 18.2 Å². The average Bonchev–Trinajstić information content (AvgIpc) is 2.99. The van der Waals surface area contributed by atoms with E-state index in [9.17, 15) is 19.7 Å². The number of non-ortho nitro benzene ring substituents is 1. The fraction of sp³-hybridized carbons (Fsp3) is 0.294. The molecule has 1 heterocycles. The van der Waals surface area contributed by atoms with Gasteiger partial charge in [-0.2, -0.15) is 0 Å². The summed E-state index contributed by atoms with van der Waals surface area (Å²) in [6, 6.07) is 7.48. The summed E-state index contributed by atoms with van der Waals surface area (Å²) in [5.74, 6) is -0.925. The Morgan fingerprint density at radius 3 is 2.64 bits per heavy atom. The van der Waals surface area contributed by atoms with Crippen molar-refractivity contribution in [1.29, 1.82) is 0 Å². The number of aromatic amines is 1. The van der Waals surface area contributed by atoms with Crippen LogP contribution in [0.2, 0.25) is 0 Å². The largest absolute Gasteiger partial charge is 0.462 e. The minimum atomic E-state index is -0.588. The molecule has 0 atom stereocenters. The Morgan fingerprint density at radius 2 is 2.04 bits per heavy atom. The van der Waals surface area contributed by atoms with Crippen molar-refractivity contribution in [3.8, 4) is 11.3 Å². The maximum absolute atomic E-state index is 12.1. The van der Waals surface area contributed by atoms with Crippen molar-refractivity contribution in [3.05, 3.63) is 46.0 Å². The highest BCUT2D eigenvalue weighted by molar-refractivity contribution is 6.02. The third-order valence-corrected chi connectivity index (χ3v) is 3.45. The lowest BCUT2D eigenvalue weighted by Gasteiger charge is -2.08. The lowest BCUT2D eigenvalue weighted by atomic mass is 10.1. The van der Waals surface area contributed by atoms with Crippen LogP contribution in [0.15, 0.2) is 30.3 Å². The molecule has 0 spiro atoms. The molecule has 2 aromatic rings. The molecule has 0 fully saturated rings. The fourth-order valence-electron chi connectivity index (χ4n) is 2.13. The number of carbonyl (C=O) groups is 2. The normalized spacial score (nSPS) is 10.6. The Labute approximate surface area is 144 Å². The highest BCUT2D eigenvalue weighted by Crippen LogP contribution is 2.28. The number of carbonyl (C=O) groups excluding carboxylic acids is 2. The zero-order valence-corrected chi connectivity index (χ0v) is 14.2. The van der Waals surface area contributed by atoms with Crippen molar-refractivity contribution < 1.29 is 19.2 Å². The van der Waals surface area contributed by atoms with Crippen LogP contribution in [0.5, 0.6) is 0 Å². The zero-order valence-electron chi connectivity index (χ0n) is 14.2. The number of hydrogen-bond donors (Lipinski definition) is 2. The van der Waals surface area contributed by atoms with E-state index in [0.717, 1.165) is 0 Å². The number of esters is 1. The summed E-state index contributed by atoms with van der Waals surface area (Å²) in [5.41, 5.74) is 1.07. The summed E-state index contributed by atoms with van der Waals surface area (Å²) in [7, 11) is 0. The van der Waals surface area contributed by atoms with E-state index in [4.69, 9.17) is 4.74 Å². The van der Waals surface area contributed by atoms with Gasteiger partial charge >= 0.3 is 5.97 Å². The van der Waals surface area contributed by atoms with Crippen LogP contribution in [0.4, 0.5) is 11.5 Å². The van der Waals surface area contributed by atoms with E-state index in [2.05, 4.69) is 10.3 Å². The molecule has 0 unspecified atom stereocenters. The number of benzene rings is 1. The van der Waals surface area contributed by atoms with E-state index in [0.29, 0.717) is 11.3 Å². The van der Waals surface area contributed by atoms with Gasteiger partial charge in [0.1, 0.15) is 11.4 Å². The first-order chi connectivity index (χ1) is 11.8. The molecule has 0 bridgehead atoms. The first kappa shape index (κ1) is 18.2. The van der Waals surface area contributed by atoms with E-state index in [-0.39, 0.29) is 35.5 Å². The van der Waals surface area contributed by atoms with E-state index in [1.807, 2.05) is 0 Å². The number of nitrogens with zero attached hydrogens (tertiary/aromatic N) is 1. The molecule has 1 aromatic heterocycles. The predicted molar refractivity (Wildman–Crippen MR) is 92.3 cm³/mol. The van der Waals surface area contributed by atoms with Gasteiger partial charge < -0.3 is 15.0 Å². The highest BCUT2D eigenvalue weighted by Gasteiger charge is 2.20. The number of H-pyrrole nitrogens is 1. The van der Waals surface area contributed by atoms with E-state index in [1.54, 1.807) is 32.9 Å². The van der Waals surface area contributed by atoms with Crippen molar-refractivity contribution in [1.82, 2.24) is 4.98 Å². The lowest BCUT2D eigenvalue weighted by Crippen LogP contribution is -2.20. The minimum Gasteiger partial charge on any atom is -0.462 e. The van der Waals surface area contributed by atoms with Crippen LogP contribution >= 0.6 is 0 Å². The van der Waals surface area contributed by atoms with Crippen molar-refractivity contribution >= 4 is 23.4 Å². The van der Waals surface area contributed by atoms with Gasteiger partial charge in [-0.05, 0) is 13.0 Å². The maximum Gasteiger partial charge on any atom is 0.341 e. The second-order valence-electron chi connectivity index (χ2n) is 5.64. The second kappa shape index (κ2) is 7.61. The Kier molecular flexibility index (Phi) is 5.53. The lowest BCUT2D eigenvalue weighted by molar-refractivity contribution is -0.384. The van der Waals surface area contributed by atoms with Crippen LogP contribution in [0, 0.1) is 16.0 Å². The van der Waals surface area contributed by atoms with Gasteiger partial charge in [0.2, 0.25) is 5.91 Å². The first-order valence-electron chi connectivity index (χ1n) is 7.79. The smallest absolute Gasteiger partial charge is 0.341 e. The quantitative estimate of drug-likeness (QED) is 0.473. The molecule has 0 aliphatic rings. The van der Waals surface area contributed by atoms with Gasteiger partial charge in [0.15, 0.2) is 0 Å². The Morgan fingerprint density at radius 1 is 1.32 bits per heavy atom. The van der Waals surface area contributed by atoms with Crippen molar-refractivity contribution in [2.24, 2.45) is 5.92 Å². The standard InChI is InChI=1S/C17H19N3O5/c1-4-25-17(22)13-9-14(18-15(13)19-16(21)10(2)3)11-6-5-7-12(8-11)20(23)24/h5-10,18H,4H2,1-3H3,(H,19,21).